The van der Waals surface area contributed by atoms with Crippen LogP contribution in [0.4, 0.5) is 0 Å². The molecule has 3 aromatic rings. The number of phenols is 1. The molecule has 2 aliphatic rings. The van der Waals surface area contributed by atoms with Crippen molar-refractivity contribution in [3.8, 4) is 17.2 Å². The zero-order chi connectivity index (χ0) is 19.1. The first-order valence-corrected chi connectivity index (χ1v) is 9.13. The summed E-state index contributed by atoms with van der Waals surface area (Å²) >= 11 is 0. The van der Waals surface area contributed by atoms with Gasteiger partial charge in [0, 0.05) is 35.5 Å². The molecule has 0 radical (unpaired) electrons. The third-order valence-electron chi connectivity index (χ3n) is 5.20. The maximum atomic E-state index is 9.90. The number of nitrogens with zero attached hydrogens (tertiary/aromatic N) is 3. The van der Waals surface area contributed by atoms with Gasteiger partial charge >= 0.3 is 0 Å². The molecule has 140 valence electrons. The van der Waals surface area contributed by atoms with Crippen molar-refractivity contribution < 1.29 is 14.6 Å². The van der Waals surface area contributed by atoms with Gasteiger partial charge in [0.25, 0.3) is 0 Å². The van der Waals surface area contributed by atoms with Gasteiger partial charge in [0.05, 0.1) is 18.9 Å². The number of benzene rings is 2. The number of hydrogen-bond donors (Lipinski definition) is 1. The molecular formula is C22H19N3O3. The second kappa shape index (κ2) is 6.56. The molecule has 0 saturated carbocycles. The van der Waals surface area contributed by atoms with Crippen molar-refractivity contribution in [3.05, 3.63) is 83.7 Å². The summed E-state index contributed by atoms with van der Waals surface area (Å²) in [5.74, 6) is 1.43. The van der Waals surface area contributed by atoms with E-state index in [9.17, 15) is 5.11 Å². The van der Waals surface area contributed by atoms with Crippen LogP contribution >= 0.6 is 0 Å². The molecule has 2 aliphatic heterocycles. The summed E-state index contributed by atoms with van der Waals surface area (Å²) < 4.78 is 11.6. The Morgan fingerprint density at radius 1 is 1.11 bits per heavy atom. The van der Waals surface area contributed by atoms with Crippen LogP contribution in [0.15, 0.2) is 72.1 Å². The normalized spacial score (nSPS) is 20.0. The van der Waals surface area contributed by atoms with Crippen LogP contribution in [0.1, 0.15) is 35.4 Å². The number of methoxy groups -OCH3 is 1. The molecule has 0 spiro atoms. The first kappa shape index (κ1) is 16.6. The lowest BCUT2D eigenvalue weighted by Crippen LogP contribution is -2.33. The first-order valence-electron chi connectivity index (χ1n) is 9.13. The average Bonchev–Trinajstić information content (AvgIpc) is 3.20. The Morgan fingerprint density at radius 2 is 1.93 bits per heavy atom. The van der Waals surface area contributed by atoms with E-state index in [1.807, 2.05) is 47.5 Å². The topological polar surface area (TPSA) is 67.2 Å². The van der Waals surface area contributed by atoms with Crippen LogP contribution in [0.3, 0.4) is 0 Å². The quantitative estimate of drug-likeness (QED) is 0.751. The highest BCUT2D eigenvalue weighted by Crippen LogP contribution is 2.47. The molecule has 2 atom stereocenters. The van der Waals surface area contributed by atoms with Gasteiger partial charge in [-0.15, -0.1) is 0 Å². The number of fused-ring (bicyclic) bond motifs is 3. The van der Waals surface area contributed by atoms with Gasteiger partial charge in [-0.2, -0.15) is 5.10 Å². The Morgan fingerprint density at radius 3 is 2.75 bits per heavy atom. The van der Waals surface area contributed by atoms with Gasteiger partial charge in [0.1, 0.15) is 5.75 Å². The largest absolute Gasteiger partial charge is 0.504 e. The average molecular weight is 373 g/mol. The number of pyridine rings is 1. The molecule has 1 N–H and O–H groups in total. The molecule has 2 aromatic carbocycles. The molecule has 3 heterocycles. The monoisotopic (exact) mass is 373 g/mol. The maximum absolute atomic E-state index is 9.90. The predicted octanol–water partition coefficient (Wildman–Crippen LogP) is 4.04. The number of ether oxygens (including phenoxy) is 2. The lowest BCUT2D eigenvalue weighted by molar-refractivity contribution is -0.0190. The fourth-order valence-electron chi connectivity index (χ4n) is 3.81. The minimum absolute atomic E-state index is 0.0814. The molecule has 6 nitrogen and oxygen atoms in total. The molecule has 28 heavy (non-hydrogen) atoms. The van der Waals surface area contributed by atoms with E-state index in [-0.39, 0.29) is 18.0 Å². The van der Waals surface area contributed by atoms with E-state index >= 15 is 0 Å². The van der Waals surface area contributed by atoms with Crippen molar-refractivity contribution in [2.45, 2.75) is 18.7 Å². The van der Waals surface area contributed by atoms with Gasteiger partial charge in [-0.1, -0.05) is 18.2 Å². The third-order valence-corrected chi connectivity index (χ3v) is 5.20. The minimum Gasteiger partial charge on any atom is -0.504 e. The summed E-state index contributed by atoms with van der Waals surface area (Å²) in [6.07, 6.45) is 3.95. The number of phenolic OH excluding ortho intramolecular Hbond substituents is 1. The molecule has 6 heteroatoms. The zero-order valence-electron chi connectivity index (χ0n) is 15.3. The number of aromatic hydroxyl groups is 1. The van der Waals surface area contributed by atoms with Crippen molar-refractivity contribution in [2.75, 3.05) is 7.11 Å². The second-order valence-electron chi connectivity index (χ2n) is 6.82. The van der Waals surface area contributed by atoms with Crippen LogP contribution < -0.4 is 9.47 Å². The number of para-hydroxylation sites is 1. The number of aromatic nitrogens is 1. The van der Waals surface area contributed by atoms with E-state index in [1.165, 1.54) is 0 Å². The Kier molecular flexibility index (Phi) is 3.90. The van der Waals surface area contributed by atoms with Gasteiger partial charge in [-0.25, -0.2) is 5.01 Å². The van der Waals surface area contributed by atoms with E-state index in [0.29, 0.717) is 5.75 Å². The summed E-state index contributed by atoms with van der Waals surface area (Å²) in [7, 11) is 1.54. The summed E-state index contributed by atoms with van der Waals surface area (Å²) in [4.78, 5) is 4.11. The van der Waals surface area contributed by atoms with Crippen LogP contribution in [-0.4, -0.2) is 27.9 Å². The molecule has 0 fully saturated rings. The zero-order valence-corrected chi connectivity index (χ0v) is 15.3. The molecule has 0 bridgehead atoms. The summed E-state index contributed by atoms with van der Waals surface area (Å²) in [5.41, 5.74) is 3.98. The fourth-order valence-corrected chi connectivity index (χ4v) is 3.81. The van der Waals surface area contributed by atoms with Gasteiger partial charge in [0.2, 0.25) is 6.23 Å². The highest BCUT2D eigenvalue weighted by Gasteiger charge is 2.40. The predicted molar refractivity (Wildman–Crippen MR) is 104 cm³/mol. The fraction of sp³-hybridized carbons (Fsp3) is 0.182. The van der Waals surface area contributed by atoms with Crippen molar-refractivity contribution in [1.82, 2.24) is 9.99 Å². The van der Waals surface area contributed by atoms with Crippen LogP contribution in [0, 0.1) is 0 Å². The van der Waals surface area contributed by atoms with Crippen molar-refractivity contribution in [1.29, 1.82) is 0 Å². The van der Waals surface area contributed by atoms with E-state index in [1.54, 1.807) is 25.6 Å². The van der Waals surface area contributed by atoms with Crippen molar-refractivity contribution in [3.63, 3.8) is 0 Å². The second-order valence-corrected chi connectivity index (χ2v) is 6.82. The van der Waals surface area contributed by atoms with Crippen LogP contribution in [-0.2, 0) is 0 Å². The Labute approximate surface area is 162 Å². The van der Waals surface area contributed by atoms with E-state index in [2.05, 4.69) is 11.1 Å². The van der Waals surface area contributed by atoms with Crippen LogP contribution in [0.5, 0.6) is 17.2 Å². The lowest BCUT2D eigenvalue weighted by atomic mass is 9.96. The van der Waals surface area contributed by atoms with Gasteiger partial charge in [-0.05, 0) is 36.4 Å². The molecule has 0 saturated heterocycles. The van der Waals surface area contributed by atoms with Crippen molar-refractivity contribution in [2.24, 2.45) is 5.10 Å². The molecule has 0 amide bonds. The van der Waals surface area contributed by atoms with Gasteiger partial charge < -0.3 is 14.6 Å². The number of rotatable bonds is 3. The Hall–Kier alpha value is -3.54. The molecule has 0 aliphatic carbocycles. The van der Waals surface area contributed by atoms with E-state index in [0.717, 1.165) is 34.6 Å². The Bertz CT molecular complexity index is 1050. The number of hydrogen-bond acceptors (Lipinski definition) is 6. The number of hydrazone groups is 1. The van der Waals surface area contributed by atoms with Crippen LogP contribution in [0.2, 0.25) is 0 Å². The summed E-state index contributed by atoms with van der Waals surface area (Å²) in [6.45, 7) is 0. The highest BCUT2D eigenvalue weighted by atomic mass is 16.5. The van der Waals surface area contributed by atoms with Gasteiger partial charge in [-0.3, -0.25) is 4.98 Å². The summed E-state index contributed by atoms with van der Waals surface area (Å²) in [6, 6.07) is 17.4. The van der Waals surface area contributed by atoms with E-state index < -0.39 is 0 Å². The Balaban J connectivity index is 1.58. The van der Waals surface area contributed by atoms with Crippen LogP contribution in [0.25, 0.3) is 0 Å². The summed E-state index contributed by atoms with van der Waals surface area (Å²) in [5, 5.41) is 16.8. The van der Waals surface area contributed by atoms with Crippen molar-refractivity contribution >= 4 is 5.71 Å². The maximum Gasteiger partial charge on any atom is 0.213 e. The molecule has 1 aromatic heterocycles. The lowest BCUT2D eigenvalue weighted by Gasteiger charge is -2.38. The minimum atomic E-state index is -0.320. The smallest absolute Gasteiger partial charge is 0.213 e. The molecular weight excluding hydrogens is 354 g/mol. The first-order chi connectivity index (χ1) is 13.7. The highest BCUT2D eigenvalue weighted by molar-refractivity contribution is 6.02. The standard InChI is InChI=1S/C22H19N3O3/c1-27-21-12-15(6-7-19(21)26)17-13-18-16-4-2-3-5-20(16)28-22(25(18)24-17)14-8-10-23-11-9-14/h2-12,18,22,26H,13H2,1H3/t18-,22+/m1/s1. The molecule has 5 rings (SSSR count). The van der Waals surface area contributed by atoms with E-state index in [4.69, 9.17) is 14.6 Å². The third kappa shape index (κ3) is 2.65. The SMILES string of the molecule is COc1cc(C2=NN3[C@H](C2)c2ccccc2O[C@H]3c2ccncc2)ccc1O. The molecule has 0 unspecified atom stereocenters. The van der Waals surface area contributed by atoms with Gasteiger partial charge in [0.15, 0.2) is 11.5 Å².